The zero-order valence-electron chi connectivity index (χ0n) is 46.1. The zero-order chi connectivity index (χ0) is 52.7. The first-order valence-electron chi connectivity index (χ1n) is 29.2. The summed E-state index contributed by atoms with van der Waals surface area (Å²) < 4.78 is 39.5. The van der Waals surface area contributed by atoms with Crippen molar-refractivity contribution in [3.8, 4) is 0 Å². The Labute approximate surface area is 440 Å². The van der Waals surface area contributed by atoms with E-state index in [1.54, 1.807) is 0 Å². The third-order valence-electron chi connectivity index (χ3n) is 12.4. The smallest absolute Gasteiger partial charge is 0.462 e. The van der Waals surface area contributed by atoms with Crippen LogP contribution in [0.2, 0.25) is 0 Å². The number of carbonyl (C=O) groups excluding carboxylic acids is 3. The van der Waals surface area contributed by atoms with Gasteiger partial charge in [0.05, 0.1) is 19.8 Å². The van der Waals surface area contributed by atoms with E-state index in [2.05, 4.69) is 81.5 Å². The molecule has 0 heterocycles. The lowest BCUT2D eigenvalue weighted by Gasteiger charge is -2.21. The first kappa shape index (κ1) is 69.2. The number of hydrogen-bond donors (Lipinski definition) is 2. The molecule has 3 atom stereocenters. The van der Waals surface area contributed by atoms with Crippen LogP contribution in [0.25, 0.3) is 0 Å². The number of carbonyl (C=O) groups is 3. The van der Waals surface area contributed by atoms with E-state index in [4.69, 9.17) is 23.3 Å². The third-order valence-corrected chi connectivity index (χ3v) is 13.4. The fraction of sp³-hybridized carbons (Fsp3) is 0.783. The van der Waals surface area contributed by atoms with E-state index in [1.807, 2.05) is 0 Å². The summed E-state index contributed by atoms with van der Waals surface area (Å²) in [7, 11) is -4.75. The highest BCUT2D eigenvalue weighted by Gasteiger charge is 2.28. The Hall–Kier alpha value is -2.82. The molecule has 0 aromatic rings. The molecule has 0 rings (SSSR count). The largest absolute Gasteiger partial charge is 0.472 e. The van der Waals surface area contributed by atoms with E-state index in [9.17, 15) is 28.9 Å². The number of phosphoric acid groups is 1. The van der Waals surface area contributed by atoms with Gasteiger partial charge in [0.1, 0.15) is 12.7 Å². The molecule has 0 saturated carbocycles. The second-order valence-corrected chi connectivity index (χ2v) is 20.9. The van der Waals surface area contributed by atoms with E-state index in [0.717, 1.165) is 103 Å². The van der Waals surface area contributed by atoms with Gasteiger partial charge in [-0.2, -0.15) is 0 Å². The van der Waals surface area contributed by atoms with E-state index in [0.29, 0.717) is 19.3 Å². The second-order valence-electron chi connectivity index (χ2n) is 19.4. The van der Waals surface area contributed by atoms with Crippen molar-refractivity contribution in [3.63, 3.8) is 0 Å². The van der Waals surface area contributed by atoms with E-state index >= 15 is 0 Å². The maximum atomic E-state index is 12.9. The summed E-state index contributed by atoms with van der Waals surface area (Å²) in [4.78, 5) is 48.5. The van der Waals surface area contributed by atoms with Crippen molar-refractivity contribution in [1.82, 2.24) is 0 Å². The number of ether oxygens (including phenoxy) is 3. The summed E-state index contributed by atoms with van der Waals surface area (Å²) in [5.41, 5.74) is 0. The first-order valence-corrected chi connectivity index (χ1v) is 30.7. The summed E-state index contributed by atoms with van der Waals surface area (Å²) in [5.74, 6) is -1.48. The Balaban J connectivity index is 4.72. The van der Waals surface area contributed by atoms with Crippen LogP contribution >= 0.6 is 7.82 Å². The Morgan fingerprint density at radius 3 is 1.14 bits per heavy atom. The van der Waals surface area contributed by atoms with Gasteiger partial charge in [0, 0.05) is 19.3 Å². The molecule has 12 heteroatoms. The minimum absolute atomic E-state index is 0.148. The lowest BCUT2D eigenvalue weighted by molar-refractivity contribution is -0.161. The molecule has 0 aliphatic rings. The van der Waals surface area contributed by atoms with Crippen molar-refractivity contribution in [2.75, 3.05) is 26.4 Å². The fourth-order valence-electron chi connectivity index (χ4n) is 7.99. The summed E-state index contributed by atoms with van der Waals surface area (Å²) in [5, 5.41) is 9.79. The number of phosphoric ester groups is 1. The van der Waals surface area contributed by atoms with Gasteiger partial charge < -0.3 is 24.2 Å². The molecule has 0 bridgehead atoms. The molecule has 0 fully saturated rings. The SMILES string of the molecule is CC/C=C\C/C=C\C/C=C\CCCCCCCC(=O)OC(COC(=O)CCCCCCCCCCC/C=C\C/C=C\CCCCC)COP(=O)(O)OCC(CO)OC(=O)CCCCCCCCCCCCC. The van der Waals surface area contributed by atoms with Crippen LogP contribution in [0.15, 0.2) is 60.8 Å². The molecule has 72 heavy (non-hydrogen) atoms. The highest BCUT2D eigenvalue weighted by molar-refractivity contribution is 7.47. The van der Waals surface area contributed by atoms with Crippen LogP contribution in [0.5, 0.6) is 0 Å². The standard InChI is InChI=1S/C60H107O11P/c1-4-7-10-13-16-19-22-24-26-27-28-29-31-32-35-37-40-43-46-49-58(62)67-53-57(71-60(64)51-48-45-42-39-36-33-30-25-23-20-17-14-11-8-5-2)55-69-72(65,66)68-54-56(52-61)70-59(63)50-47-44-41-38-34-21-18-15-12-9-6-3/h8,11,16-17,19-20,24-26,30,56-57,61H,4-7,9-10,12-15,18,21-23,27-29,31-55H2,1-3H3,(H,65,66)/b11-8-,19-16-,20-17-,26-24-,30-25-. The average Bonchev–Trinajstić information content (AvgIpc) is 3.37. The summed E-state index contributed by atoms with van der Waals surface area (Å²) in [6.45, 7) is 4.50. The van der Waals surface area contributed by atoms with Crippen LogP contribution in [0, 0.1) is 0 Å². The molecule has 3 unspecified atom stereocenters. The van der Waals surface area contributed by atoms with E-state index in [1.165, 1.54) is 103 Å². The fourth-order valence-corrected chi connectivity index (χ4v) is 8.77. The average molecular weight is 1040 g/mol. The lowest BCUT2D eigenvalue weighted by Crippen LogP contribution is -2.30. The molecule has 0 spiro atoms. The van der Waals surface area contributed by atoms with Crippen LogP contribution in [0.4, 0.5) is 0 Å². The molecule has 11 nitrogen and oxygen atoms in total. The Morgan fingerprint density at radius 1 is 0.403 bits per heavy atom. The van der Waals surface area contributed by atoms with E-state index in [-0.39, 0.29) is 25.9 Å². The van der Waals surface area contributed by atoms with E-state index < -0.39 is 57.8 Å². The maximum Gasteiger partial charge on any atom is 0.472 e. The number of aliphatic hydroxyl groups is 1. The number of aliphatic hydroxyl groups excluding tert-OH is 1. The predicted molar refractivity (Wildman–Crippen MR) is 298 cm³/mol. The number of esters is 3. The molecule has 0 aliphatic carbocycles. The van der Waals surface area contributed by atoms with Crippen LogP contribution in [0.1, 0.15) is 265 Å². The summed E-state index contributed by atoms with van der Waals surface area (Å²) >= 11 is 0. The summed E-state index contributed by atoms with van der Waals surface area (Å²) in [6.07, 6.45) is 58.9. The van der Waals surface area contributed by atoms with Crippen LogP contribution in [-0.2, 0) is 42.2 Å². The van der Waals surface area contributed by atoms with Gasteiger partial charge in [0.15, 0.2) is 6.10 Å². The minimum Gasteiger partial charge on any atom is -0.462 e. The molecule has 418 valence electrons. The van der Waals surface area contributed by atoms with Crippen LogP contribution in [-0.4, -0.2) is 66.5 Å². The molecule has 0 amide bonds. The zero-order valence-corrected chi connectivity index (χ0v) is 47.0. The highest BCUT2D eigenvalue weighted by atomic mass is 31.2. The van der Waals surface area contributed by atoms with Crippen molar-refractivity contribution in [1.29, 1.82) is 0 Å². The third kappa shape index (κ3) is 52.1. The predicted octanol–water partition coefficient (Wildman–Crippen LogP) is 17.1. The molecule has 0 aromatic heterocycles. The molecule has 0 radical (unpaired) electrons. The van der Waals surface area contributed by atoms with Gasteiger partial charge >= 0.3 is 25.7 Å². The highest BCUT2D eigenvalue weighted by Crippen LogP contribution is 2.43. The molecular formula is C60H107O11P. The van der Waals surface area contributed by atoms with Gasteiger partial charge in [-0.1, -0.05) is 223 Å². The van der Waals surface area contributed by atoms with Crippen molar-refractivity contribution in [2.45, 2.75) is 277 Å². The monoisotopic (exact) mass is 1030 g/mol. The summed E-state index contributed by atoms with van der Waals surface area (Å²) in [6, 6.07) is 0. The van der Waals surface area contributed by atoms with Gasteiger partial charge in [-0.3, -0.25) is 23.4 Å². The van der Waals surface area contributed by atoms with Gasteiger partial charge in [0.2, 0.25) is 0 Å². The molecule has 0 aliphatic heterocycles. The van der Waals surface area contributed by atoms with Gasteiger partial charge in [-0.25, -0.2) is 4.57 Å². The van der Waals surface area contributed by atoms with Gasteiger partial charge in [0.25, 0.3) is 0 Å². The lowest BCUT2D eigenvalue weighted by atomic mass is 10.1. The van der Waals surface area contributed by atoms with Crippen molar-refractivity contribution in [2.24, 2.45) is 0 Å². The topological polar surface area (TPSA) is 155 Å². The van der Waals surface area contributed by atoms with Crippen molar-refractivity contribution >= 4 is 25.7 Å². The Kier molecular flexibility index (Phi) is 52.3. The van der Waals surface area contributed by atoms with Crippen LogP contribution < -0.4 is 0 Å². The Morgan fingerprint density at radius 2 is 0.722 bits per heavy atom. The maximum absolute atomic E-state index is 12.9. The molecule has 2 N–H and O–H groups in total. The first-order chi connectivity index (χ1) is 35.2. The molecule has 0 saturated heterocycles. The van der Waals surface area contributed by atoms with Crippen LogP contribution in [0.3, 0.4) is 0 Å². The molecular weight excluding hydrogens is 928 g/mol. The van der Waals surface area contributed by atoms with Crippen molar-refractivity contribution in [3.05, 3.63) is 60.8 Å². The second kappa shape index (κ2) is 54.4. The Bertz CT molecular complexity index is 1440. The number of hydrogen-bond acceptors (Lipinski definition) is 10. The van der Waals surface area contributed by atoms with Gasteiger partial charge in [-0.05, 0) is 83.5 Å². The van der Waals surface area contributed by atoms with Crippen molar-refractivity contribution < 1.29 is 52.2 Å². The number of allylic oxidation sites excluding steroid dienone is 10. The number of rotatable bonds is 54. The van der Waals surface area contributed by atoms with Gasteiger partial charge in [-0.15, -0.1) is 0 Å². The quantitative estimate of drug-likeness (QED) is 0.0197. The normalized spacial score (nSPS) is 13.8. The minimum atomic E-state index is -4.75. The molecule has 0 aromatic carbocycles. The number of unbranched alkanes of at least 4 members (excludes halogenated alkanes) is 27.